The van der Waals surface area contributed by atoms with Gasteiger partial charge in [-0.3, -0.25) is 9.13 Å². The molecule has 0 N–H and O–H groups in total. The summed E-state index contributed by atoms with van der Waals surface area (Å²) in [5.41, 5.74) is 23.0. The summed E-state index contributed by atoms with van der Waals surface area (Å²) in [5, 5.41) is 9.23. The fraction of sp³-hybridized carbons (Fsp3) is 0. The number of aromatic nitrogens is 7. The smallest absolute Gasteiger partial charge is 0.240 e. The molecule has 14 aromatic carbocycles. The standard InChI is InChI=1S/C87H55N7/c1-5-24-56(25-6-1)62-51-63(57-26-7-2-8-27-57)53-64(52-62)58-28-21-29-61(50-58)85-88-86(93-79-44-19-15-36-71(79)75-54-59(46-48-81(75)93)67-38-22-40-73-69-34-13-17-42-77(69)91(83(67)73)65-30-9-3-10-31-65)90-87(89-85)94-80-45-20-16-37-72(80)76-55-60(47-49-82(76)94)68-39-23-41-74-70-35-14-18-43-78(70)92(84(68)74)66-32-11-4-12-33-66/h1-55H. The van der Waals surface area contributed by atoms with Crippen LogP contribution in [0, 0.1) is 0 Å². The highest BCUT2D eigenvalue weighted by atomic mass is 15.3. The molecule has 0 radical (unpaired) electrons. The number of nitrogens with zero attached hydrogens (tertiary/aromatic N) is 7. The minimum atomic E-state index is 0.510. The van der Waals surface area contributed by atoms with Gasteiger partial charge in [-0.15, -0.1) is 0 Å². The van der Waals surface area contributed by atoms with Gasteiger partial charge in [-0.1, -0.05) is 237 Å². The third-order valence-corrected chi connectivity index (χ3v) is 19.0. The molecule has 0 unspecified atom stereocenters. The van der Waals surface area contributed by atoms with Gasteiger partial charge in [0.2, 0.25) is 11.9 Å². The lowest BCUT2D eigenvalue weighted by Gasteiger charge is -2.14. The number of benzene rings is 14. The molecule has 0 spiro atoms. The van der Waals surface area contributed by atoms with Crippen molar-refractivity contribution in [3.63, 3.8) is 0 Å². The van der Waals surface area contributed by atoms with Crippen LogP contribution in [0.5, 0.6) is 0 Å². The Morgan fingerprint density at radius 2 is 0.500 bits per heavy atom. The zero-order valence-corrected chi connectivity index (χ0v) is 50.9. The van der Waals surface area contributed by atoms with E-state index in [-0.39, 0.29) is 0 Å². The lowest BCUT2D eigenvalue weighted by Crippen LogP contribution is -2.10. The molecule has 438 valence electrons. The lowest BCUT2D eigenvalue weighted by atomic mass is 9.93. The predicted molar refractivity (Wildman–Crippen MR) is 390 cm³/mol. The van der Waals surface area contributed by atoms with E-state index in [0.717, 1.165) is 116 Å². The van der Waals surface area contributed by atoms with Gasteiger partial charge in [-0.25, -0.2) is 0 Å². The van der Waals surface area contributed by atoms with Crippen molar-refractivity contribution in [2.45, 2.75) is 0 Å². The Hall–Kier alpha value is -12.7. The van der Waals surface area contributed by atoms with E-state index in [4.69, 9.17) is 15.0 Å². The van der Waals surface area contributed by atoms with Crippen LogP contribution in [0.25, 0.3) is 178 Å². The van der Waals surface area contributed by atoms with Crippen molar-refractivity contribution >= 4 is 87.2 Å². The van der Waals surface area contributed by atoms with Crippen LogP contribution in [-0.4, -0.2) is 33.2 Å². The molecule has 0 aliphatic carbocycles. The monoisotopic (exact) mass is 1200 g/mol. The van der Waals surface area contributed by atoms with Gasteiger partial charge >= 0.3 is 0 Å². The first-order valence-corrected chi connectivity index (χ1v) is 32.0. The largest absolute Gasteiger partial charge is 0.309 e. The van der Waals surface area contributed by atoms with Gasteiger partial charge < -0.3 is 9.13 Å². The molecular weight excluding hydrogens is 1140 g/mol. The summed E-state index contributed by atoms with van der Waals surface area (Å²) in [6, 6.07) is 120. The first kappa shape index (κ1) is 53.2. The molecule has 5 aromatic heterocycles. The summed E-state index contributed by atoms with van der Waals surface area (Å²) >= 11 is 0. The van der Waals surface area contributed by atoms with Crippen LogP contribution >= 0.6 is 0 Å². The highest BCUT2D eigenvalue weighted by molar-refractivity contribution is 6.18. The Kier molecular flexibility index (Phi) is 12.1. The molecule has 0 fully saturated rings. The molecule has 7 nitrogen and oxygen atoms in total. The van der Waals surface area contributed by atoms with Crippen molar-refractivity contribution in [2.75, 3.05) is 0 Å². The summed E-state index contributed by atoms with van der Waals surface area (Å²) in [6.07, 6.45) is 0. The maximum atomic E-state index is 5.69. The number of hydrogen-bond donors (Lipinski definition) is 0. The van der Waals surface area contributed by atoms with Crippen LogP contribution in [-0.2, 0) is 0 Å². The molecule has 19 aromatic rings. The summed E-state index contributed by atoms with van der Waals surface area (Å²) in [6.45, 7) is 0. The van der Waals surface area contributed by atoms with E-state index in [1.165, 1.54) is 43.6 Å². The van der Waals surface area contributed by atoms with Crippen LogP contribution in [0.1, 0.15) is 0 Å². The van der Waals surface area contributed by atoms with Gasteiger partial charge in [-0.2, -0.15) is 15.0 Å². The van der Waals surface area contributed by atoms with Crippen molar-refractivity contribution in [2.24, 2.45) is 0 Å². The van der Waals surface area contributed by atoms with Gasteiger partial charge in [0.05, 0.1) is 44.1 Å². The van der Waals surface area contributed by atoms with E-state index in [9.17, 15) is 0 Å². The molecule has 5 heterocycles. The van der Waals surface area contributed by atoms with Gasteiger partial charge in [0.15, 0.2) is 5.82 Å². The van der Waals surface area contributed by atoms with E-state index in [2.05, 4.69) is 352 Å². The number of para-hydroxylation sites is 8. The topological polar surface area (TPSA) is 58.4 Å². The van der Waals surface area contributed by atoms with E-state index in [1.54, 1.807) is 0 Å². The normalized spacial score (nSPS) is 11.8. The average Bonchev–Trinajstić information content (AvgIpc) is 1.59. The molecule has 19 rings (SSSR count). The highest BCUT2D eigenvalue weighted by Crippen LogP contribution is 2.44. The lowest BCUT2D eigenvalue weighted by molar-refractivity contribution is 0.893. The van der Waals surface area contributed by atoms with Crippen LogP contribution < -0.4 is 0 Å². The number of fused-ring (bicyclic) bond motifs is 12. The molecule has 94 heavy (non-hydrogen) atoms. The molecule has 0 aliphatic rings. The minimum absolute atomic E-state index is 0.510. The van der Waals surface area contributed by atoms with Crippen LogP contribution in [0.4, 0.5) is 0 Å². The Morgan fingerprint density at radius 1 is 0.181 bits per heavy atom. The highest BCUT2D eigenvalue weighted by Gasteiger charge is 2.25. The fourth-order valence-corrected chi connectivity index (χ4v) is 14.8. The van der Waals surface area contributed by atoms with Crippen molar-refractivity contribution in [3.8, 4) is 90.3 Å². The van der Waals surface area contributed by atoms with E-state index in [0.29, 0.717) is 17.7 Å². The quantitative estimate of drug-likeness (QED) is 0.137. The molecule has 0 saturated heterocycles. The second-order valence-corrected chi connectivity index (χ2v) is 24.3. The Morgan fingerprint density at radius 3 is 0.947 bits per heavy atom. The maximum absolute atomic E-state index is 5.69. The van der Waals surface area contributed by atoms with Gasteiger partial charge in [0.1, 0.15) is 0 Å². The summed E-state index contributed by atoms with van der Waals surface area (Å²) < 4.78 is 9.31. The summed E-state index contributed by atoms with van der Waals surface area (Å²) in [7, 11) is 0. The molecule has 0 atom stereocenters. The van der Waals surface area contributed by atoms with Gasteiger partial charge in [0.25, 0.3) is 0 Å². The molecule has 0 aliphatic heterocycles. The third kappa shape index (κ3) is 8.49. The van der Waals surface area contributed by atoms with Gasteiger partial charge in [-0.05, 0) is 142 Å². The van der Waals surface area contributed by atoms with Crippen LogP contribution in [0.15, 0.2) is 334 Å². The van der Waals surface area contributed by atoms with Gasteiger partial charge in [0, 0.05) is 71.2 Å². The molecule has 0 amide bonds. The predicted octanol–water partition coefficient (Wildman–Crippen LogP) is 22.3. The second kappa shape index (κ2) is 21.5. The van der Waals surface area contributed by atoms with E-state index in [1.807, 2.05) is 0 Å². The zero-order valence-electron chi connectivity index (χ0n) is 50.9. The second-order valence-electron chi connectivity index (χ2n) is 24.3. The van der Waals surface area contributed by atoms with E-state index >= 15 is 0 Å². The minimum Gasteiger partial charge on any atom is -0.309 e. The fourth-order valence-electron chi connectivity index (χ4n) is 14.8. The molecular formula is C87H55N7. The average molecular weight is 1200 g/mol. The van der Waals surface area contributed by atoms with Crippen molar-refractivity contribution in [1.29, 1.82) is 0 Å². The Balaban J connectivity index is 0.834. The molecule has 0 saturated carbocycles. The maximum Gasteiger partial charge on any atom is 0.240 e. The van der Waals surface area contributed by atoms with E-state index < -0.39 is 0 Å². The number of rotatable bonds is 10. The third-order valence-electron chi connectivity index (χ3n) is 19.0. The van der Waals surface area contributed by atoms with Crippen molar-refractivity contribution in [1.82, 2.24) is 33.2 Å². The molecule has 0 bridgehead atoms. The van der Waals surface area contributed by atoms with Crippen LogP contribution in [0.3, 0.4) is 0 Å². The first-order chi connectivity index (χ1) is 46.6. The Bertz CT molecular complexity index is 5860. The summed E-state index contributed by atoms with van der Waals surface area (Å²) in [5.74, 6) is 1.57. The van der Waals surface area contributed by atoms with Crippen molar-refractivity contribution in [3.05, 3.63) is 334 Å². The Labute approximate surface area is 541 Å². The van der Waals surface area contributed by atoms with Crippen molar-refractivity contribution < 1.29 is 0 Å². The summed E-state index contributed by atoms with van der Waals surface area (Å²) in [4.78, 5) is 17.0. The first-order valence-electron chi connectivity index (χ1n) is 32.0. The number of hydrogen-bond acceptors (Lipinski definition) is 3. The van der Waals surface area contributed by atoms with Crippen LogP contribution in [0.2, 0.25) is 0 Å². The zero-order chi connectivity index (χ0) is 61.8. The SMILES string of the molecule is c1ccc(-c2cc(-c3ccccc3)cc(-c3cccc(-c4nc(-n5c6ccccc6c6cc(-c7cccc8c9ccccc9n(-c9ccccc9)c78)ccc65)nc(-n5c6ccccc6c6cc(-c7cccc8c9ccccc9n(-c9ccccc9)c78)ccc65)n4)c3)c2)cc1. The molecule has 7 heteroatoms.